The van der Waals surface area contributed by atoms with E-state index in [1.807, 2.05) is 26.0 Å². The summed E-state index contributed by atoms with van der Waals surface area (Å²) < 4.78 is 9.18. The Morgan fingerprint density at radius 1 is 0.889 bits per heavy atom. The lowest BCUT2D eigenvalue weighted by molar-refractivity contribution is -0.137. The molecule has 0 N–H and O–H groups in total. The van der Waals surface area contributed by atoms with E-state index in [9.17, 15) is 9.59 Å². The topological polar surface area (TPSA) is 52.6 Å². The molecule has 0 heterocycles. The number of allylic oxidation sites excluding steroid dienone is 2. The first kappa shape index (κ1) is 18.3. The van der Waals surface area contributed by atoms with Gasteiger partial charge in [-0.05, 0) is 13.8 Å². The molecule has 0 amide bonds. The third-order valence-electron chi connectivity index (χ3n) is 1.45. The van der Waals surface area contributed by atoms with Crippen LogP contribution in [0.4, 0.5) is 0 Å². The van der Waals surface area contributed by atoms with Crippen molar-refractivity contribution in [2.75, 3.05) is 13.2 Å². The normalized spacial score (nSPS) is 9.44. The second kappa shape index (κ2) is 14.9. The summed E-state index contributed by atoms with van der Waals surface area (Å²) in [5.41, 5.74) is 0. The molecule has 0 aliphatic carbocycles. The van der Waals surface area contributed by atoms with Crippen LogP contribution in [0.15, 0.2) is 49.6 Å². The SMILES string of the molecule is C=CC(=O)OCC=CC.C=CC(=O)OCC=CC. The van der Waals surface area contributed by atoms with Crippen LogP contribution in [0.5, 0.6) is 0 Å². The first-order chi connectivity index (χ1) is 8.62. The Balaban J connectivity index is 0. The molecule has 0 rings (SSSR count). The Bertz CT molecular complexity index is 282. The fraction of sp³-hybridized carbons (Fsp3) is 0.286. The van der Waals surface area contributed by atoms with Crippen LogP contribution in [0.1, 0.15) is 13.8 Å². The van der Waals surface area contributed by atoms with Gasteiger partial charge in [-0.3, -0.25) is 0 Å². The Morgan fingerprint density at radius 3 is 1.44 bits per heavy atom. The molecule has 0 saturated heterocycles. The summed E-state index contributed by atoms with van der Waals surface area (Å²) in [5.74, 6) is -0.763. The maximum atomic E-state index is 10.3. The Kier molecular flexibility index (Phi) is 15.1. The molecule has 0 spiro atoms. The zero-order valence-electron chi connectivity index (χ0n) is 10.9. The van der Waals surface area contributed by atoms with E-state index >= 15 is 0 Å². The van der Waals surface area contributed by atoms with Gasteiger partial charge >= 0.3 is 11.9 Å². The summed E-state index contributed by atoms with van der Waals surface area (Å²) in [4.78, 5) is 20.6. The minimum atomic E-state index is -0.381. The monoisotopic (exact) mass is 252 g/mol. The molecule has 0 radical (unpaired) electrons. The molecular formula is C14H20O4. The van der Waals surface area contributed by atoms with Gasteiger partial charge in [-0.2, -0.15) is 0 Å². The number of hydrogen-bond donors (Lipinski definition) is 0. The van der Waals surface area contributed by atoms with Crippen LogP contribution in [0.2, 0.25) is 0 Å². The lowest BCUT2D eigenvalue weighted by Crippen LogP contribution is -1.98. The highest BCUT2D eigenvalue weighted by molar-refractivity contribution is 5.81. The van der Waals surface area contributed by atoms with Gasteiger partial charge in [0.05, 0.1) is 0 Å². The lowest BCUT2D eigenvalue weighted by Gasteiger charge is -1.93. The third kappa shape index (κ3) is 16.3. The molecule has 0 bridgehead atoms. The second-order valence-corrected chi connectivity index (χ2v) is 2.81. The van der Waals surface area contributed by atoms with Gasteiger partial charge in [-0.15, -0.1) is 0 Å². The molecule has 0 aromatic heterocycles. The summed E-state index contributed by atoms with van der Waals surface area (Å²) >= 11 is 0. The quantitative estimate of drug-likeness (QED) is 0.414. The van der Waals surface area contributed by atoms with E-state index < -0.39 is 0 Å². The third-order valence-corrected chi connectivity index (χ3v) is 1.45. The van der Waals surface area contributed by atoms with Crippen molar-refractivity contribution in [3.05, 3.63) is 49.6 Å². The maximum absolute atomic E-state index is 10.3. The van der Waals surface area contributed by atoms with Gasteiger partial charge in [-0.25, -0.2) is 9.59 Å². The van der Waals surface area contributed by atoms with Gasteiger partial charge in [0, 0.05) is 12.2 Å². The molecule has 0 aromatic carbocycles. The zero-order valence-corrected chi connectivity index (χ0v) is 10.9. The van der Waals surface area contributed by atoms with Gasteiger partial charge in [0.15, 0.2) is 0 Å². The number of ether oxygens (including phenoxy) is 2. The molecule has 0 atom stereocenters. The molecule has 4 nitrogen and oxygen atoms in total. The Hall–Kier alpha value is -2.10. The van der Waals surface area contributed by atoms with Gasteiger partial charge in [0.1, 0.15) is 13.2 Å². The van der Waals surface area contributed by atoms with E-state index in [4.69, 9.17) is 0 Å². The van der Waals surface area contributed by atoms with Crippen LogP contribution < -0.4 is 0 Å². The minimum Gasteiger partial charge on any atom is -0.458 e. The van der Waals surface area contributed by atoms with E-state index in [0.717, 1.165) is 12.2 Å². The van der Waals surface area contributed by atoms with Crippen LogP contribution in [-0.4, -0.2) is 25.2 Å². The van der Waals surface area contributed by atoms with E-state index in [1.165, 1.54) is 0 Å². The van der Waals surface area contributed by atoms with Crippen molar-refractivity contribution in [1.29, 1.82) is 0 Å². The lowest BCUT2D eigenvalue weighted by atomic mass is 10.5. The first-order valence-electron chi connectivity index (χ1n) is 5.43. The van der Waals surface area contributed by atoms with Crippen molar-refractivity contribution in [2.24, 2.45) is 0 Å². The van der Waals surface area contributed by atoms with Gasteiger partial charge in [0.2, 0.25) is 0 Å². The smallest absolute Gasteiger partial charge is 0.330 e. The van der Waals surface area contributed by atoms with Crippen molar-refractivity contribution in [1.82, 2.24) is 0 Å². The predicted molar refractivity (Wildman–Crippen MR) is 71.9 cm³/mol. The van der Waals surface area contributed by atoms with E-state index in [-0.39, 0.29) is 11.9 Å². The molecule has 100 valence electrons. The second-order valence-electron chi connectivity index (χ2n) is 2.81. The van der Waals surface area contributed by atoms with Crippen LogP contribution in [0.25, 0.3) is 0 Å². The highest BCUT2D eigenvalue weighted by Crippen LogP contribution is 1.80. The molecule has 0 aliphatic heterocycles. The molecule has 0 aliphatic rings. The predicted octanol–water partition coefficient (Wildman–Crippen LogP) is 2.58. The number of carbonyl (C=O) groups is 2. The average molecular weight is 252 g/mol. The van der Waals surface area contributed by atoms with Crippen molar-refractivity contribution in [3.63, 3.8) is 0 Å². The summed E-state index contributed by atoms with van der Waals surface area (Å²) in [6.45, 7) is 10.9. The molecule has 18 heavy (non-hydrogen) atoms. The molecule has 0 fully saturated rings. The summed E-state index contributed by atoms with van der Waals surface area (Å²) in [6, 6.07) is 0. The van der Waals surface area contributed by atoms with Crippen LogP contribution in [-0.2, 0) is 19.1 Å². The highest BCUT2D eigenvalue weighted by atomic mass is 16.5. The molecular weight excluding hydrogens is 232 g/mol. The first-order valence-corrected chi connectivity index (χ1v) is 5.43. The van der Waals surface area contributed by atoms with E-state index in [1.54, 1.807) is 12.2 Å². The number of esters is 2. The summed E-state index contributed by atoms with van der Waals surface area (Å²) in [5, 5.41) is 0. The van der Waals surface area contributed by atoms with Crippen molar-refractivity contribution < 1.29 is 19.1 Å². The van der Waals surface area contributed by atoms with Crippen LogP contribution >= 0.6 is 0 Å². The van der Waals surface area contributed by atoms with Crippen LogP contribution in [0, 0.1) is 0 Å². The van der Waals surface area contributed by atoms with E-state index in [2.05, 4.69) is 22.6 Å². The Labute approximate surface area is 108 Å². The van der Waals surface area contributed by atoms with Crippen molar-refractivity contribution >= 4 is 11.9 Å². The van der Waals surface area contributed by atoms with Crippen LogP contribution in [0.3, 0.4) is 0 Å². The van der Waals surface area contributed by atoms with Crippen molar-refractivity contribution in [2.45, 2.75) is 13.8 Å². The molecule has 0 unspecified atom stereocenters. The Morgan fingerprint density at radius 2 is 1.22 bits per heavy atom. The van der Waals surface area contributed by atoms with Gasteiger partial charge in [0.25, 0.3) is 0 Å². The summed E-state index contributed by atoms with van der Waals surface area (Å²) in [7, 11) is 0. The highest BCUT2D eigenvalue weighted by Gasteiger charge is 1.89. The minimum absolute atomic E-state index is 0.335. The largest absolute Gasteiger partial charge is 0.458 e. The molecule has 0 saturated carbocycles. The molecule has 0 aromatic rings. The number of rotatable bonds is 6. The number of hydrogen-bond acceptors (Lipinski definition) is 4. The number of carbonyl (C=O) groups excluding carboxylic acids is 2. The fourth-order valence-electron chi connectivity index (χ4n) is 0.571. The van der Waals surface area contributed by atoms with Crippen molar-refractivity contribution in [3.8, 4) is 0 Å². The molecule has 4 heteroatoms. The maximum Gasteiger partial charge on any atom is 0.330 e. The van der Waals surface area contributed by atoms with Gasteiger partial charge < -0.3 is 9.47 Å². The van der Waals surface area contributed by atoms with E-state index in [0.29, 0.717) is 13.2 Å². The fourth-order valence-corrected chi connectivity index (χ4v) is 0.571. The van der Waals surface area contributed by atoms with Gasteiger partial charge in [-0.1, -0.05) is 37.5 Å². The standard InChI is InChI=1S/2C7H10O2/c2*1-3-5-6-9-7(8)4-2/h2*3-5H,2,6H2,1H3. The average Bonchev–Trinajstić information content (AvgIpc) is 2.39. The zero-order chi connectivity index (χ0) is 14.2. The summed E-state index contributed by atoms with van der Waals surface area (Å²) in [6.07, 6.45) is 9.42.